The molecule has 0 radical (unpaired) electrons. The second kappa shape index (κ2) is 5.62. The minimum atomic E-state index is 0.401. The molecule has 0 saturated carbocycles. The fraction of sp³-hybridized carbons (Fsp3) is 0.867. The second-order valence-corrected chi connectivity index (χ2v) is 6.25. The Hall–Kier alpha value is -0.540. The van der Waals surface area contributed by atoms with Crippen molar-refractivity contribution in [1.29, 1.82) is 0 Å². The van der Waals surface area contributed by atoms with Crippen molar-refractivity contribution in [2.75, 3.05) is 20.1 Å². The lowest BCUT2D eigenvalue weighted by Crippen LogP contribution is -2.43. The summed E-state index contributed by atoms with van der Waals surface area (Å²) in [4.78, 5) is 2.62. The van der Waals surface area contributed by atoms with E-state index < -0.39 is 0 Å². The lowest BCUT2D eigenvalue weighted by molar-refractivity contribution is 0.110. The van der Waals surface area contributed by atoms with E-state index in [0.717, 1.165) is 24.5 Å². The summed E-state index contributed by atoms with van der Waals surface area (Å²) in [6.45, 7) is 2.20. The highest BCUT2D eigenvalue weighted by Gasteiger charge is 2.37. The predicted molar refractivity (Wildman–Crippen MR) is 73.4 cm³/mol. The van der Waals surface area contributed by atoms with E-state index in [1.54, 1.807) is 0 Å². The molecular weight excluding hydrogens is 224 g/mol. The maximum atomic E-state index is 5.59. The zero-order valence-electron chi connectivity index (χ0n) is 11.5. The van der Waals surface area contributed by atoms with Gasteiger partial charge in [0.05, 0.1) is 6.26 Å². The Kier molecular flexibility index (Phi) is 3.90. The molecule has 0 aromatic rings. The van der Waals surface area contributed by atoms with Gasteiger partial charge in [-0.3, -0.25) is 0 Å². The van der Waals surface area contributed by atoms with Gasteiger partial charge in [-0.15, -0.1) is 0 Å². The minimum Gasteiger partial charge on any atom is -0.497 e. The van der Waals surface area contributed by atoms with Crippen LogP contribution in [-0.2, 0) is 4.74 Å². The van der Waals surface area contributed by atoms with Crippen LogP contribution in [0.2, 0.25) is 0 Å². The topological polar surface area (TPSA) is 24.5 Å². The highest BCUT2D eigenvalue weighted by Crippen LogP contribution is 2.36. The molecule has 102 valence electrons. The molecule has 2 bridgehead atoms. The van der Waals surface area contributed by atoms with Crippen molar-refractivity contribution < 1.29 is 4.74 Å². The summed E-state index contributed by atoms with van der Waals surface area (Å²) < 4.78 is 5.59. The summed E-state index contributed by atoms with van der Waals surface area (Å²) in [5.41, 5.74) is 0. The van der Waals surface area contributed by atoms with Crippen LogP contribution >= 0.6 is 0 Å². The van der Waals surface area contributed by atoms with Gasteiger partial charge in [0, 0.05) is 18.6 Å². The third kappa shape index (κ3) is 2.72. The molecule has 18 heavy (non-hydrogen) atoms. The van der Waals surface area contributed by atoms with Crippen molar-refractivity contribution in [2.24, 2.45) is 5.92 Å². The number of allylic oxidation sites excluding steroid dienone is 1. The molecular formula is C15H26N2O. The normalized spacial score (nSPS) is 39.8. The van der Waals surface area contributed by atoms with Crippen molar-refractivity contribution >= 4 is 0 Å². The van der Waals surface area contributed by atoms with Gasteiger partial charge < -0.3 is 15.0 Å². The zero-order chi connectivity index (χ0) is 12.4. The van der Waals surface area contributed by atoms with Gasteiger partial charge in [0.1, 0.15) is 6.10 Å². The Balaban J connectivity index is 1.38. The van der Waals surface area contributed by atoms with Gasteiger partial charge in [-0.25, -0.2) is 0 Å². The van der Waals surface area contributed by atoms with Crippen molar-refractivity contribution in [3.8, 4) is 0 Å². The fourth-order valence-corrected chi connectivity index (χ4v) is 3.87. The number of hydrogen-bond donors (Lipinski definition) is 1. The minimum absolute atomic E-state index is 0.401. The summed E-state index contributed by atoms with van der Waals surface area (Å²) in [5, 5.41) is 3.63. The average molecular weight is 250 g/mol. The molecule has 3 heteroatoms. The number of rotatable bonds is 4. The largest absolute Gasteiger partial charge is 0.497 e. The molecule has 3 aliphatic heterocycles. The average Bonchev–Trinajstić information content (AvgIpc) is 2.64. The summed E-state index contributed by atoms with van der Waals surface area (Å²) >= 11 is 0. The first kappa shape index (κ1) is 12.5. The van der Waals surface area contributed by atoms with E-state index in [1.165, 1.54) is 45.1 Å². The Morgan fingerprint density at radius 2 is 1.94 bits per heavy atom. The van der Waals surface area contributed by atoms with Gasteiger partial charge in [0.25, 0.3) is 0 Å². The first-order valence-electron chi connectivity index (χ1n) is 7.56. The van der Waals surface area contributed by atoms with Crippen molar-refractivity contribution in [2.45, 2.75) is 56.7 Å². The number of piperidine rings is 1. The number of hydrogen-bond acceptors (Lipinski definition) is 3. The molecule has 2 saturated heterocycles. The molecule has 3 rings (SSSR count). The summed E-state index contributed by atoms with van der Waals surface area (Å²) in [7, 11) is 2.31. The Labute approximate surface area is 111 Å². The molecule has 3 aliphatic rings. The van der Waals surface area contributed by atoms with Gasteiger partial charge in [-0.1, -0.05) is 0 Å². The van der Waals surface area contributed by atoms with Crippen LogP contribution in [0.1, 0.15) is 38.5 Å². The summed E-state index contributed by atoms with van der Waals surface area (Å²) in [6.07, 6.45) is 12.4. The van der Waals surface area contributed by atoms with E-state index in [-0.39, 0.29) is 0 Å². The van der Waals surface area contributed by atoms with Crippen molar-refractivity contribution in [3.63, 3.8) is 0 Å². The van der Waals surface area contributed by atoms with Crippen LogP contribution in [0.5, 0.6) is 0 Å². The quantitative estimate of drug-likeness (QED) is 0.827. The van der Waals surface area contributed by atoms with Crippen molar-refractivity contribution in [1.82, 2.24) is 10.2 Å². The molecule has 3 heterocycles. The van der Waals surface area contributed by atoms with Crippen LogP contribution in [0, 0.1) is 5.92 Å². The van der Waals surface area contributed by atoms with E-state index in [0.29, 0.717) is 6.10 Å². The summed E-state index contributed by atoms with van der Waals surface area (Å²) in [5.74, 6) is 0.887. The Morgan fingerprint density at radius 3 is 2.61 bits per heavy atom. The summed E-state index contributed by atoms with van der Waals surface area (Å²) in [6, 6.07) is 1.73. The predicted octanol–water partition coefficient (Wildman–Crippen LogP) is 2.14. The molecule has 3 nitrogen and oxygen atoms in total. The molecule has 0 spiro atoms. The number of nitrogens with one attached hydrogen (secondary N) is 1. The highest BCUT2D eigenvalue weighted by molar-refractivity contribution is 4.94. The van der Waals surface area contributed by atoms with Crippen LogP contribution in [0.4, 0.5) is 0 Å². The monoisotopic (exact) mass is 250 g/mol. The third-order valence-corrected chi connectivity index (χ3v) is 5.02. The fourth-order valence-electron chi connectivity index (χ4n) is 3.87. The van der Waals surface area contributed by atoms with Gasteiger partial charge >= 0.3 is 0 Å². The molecule has 0 aliphatic carbocycles. The Bertz CT molecular complexity index is 291. The molecule has 3 atom stereocenters. The van der Waals surface area contributed by atoms with E-state index in [1.807, 2.05) is 6.26 Å². The molecule has 3 unspecified atom stereocenters. The van der Waals surface area contributed by atoms with E-state index in [9.17, 15) is 0 Å². The van der Waals surface area contributed by atoms with E-state index in [4.69, 9.17) is 4.74 Å². The number of nitrogens with zero attached hydrogens (tertiary/aromatic N) is 1. The standard InChI is InChI=1S/C15H26N2O/c1-17-13-5-6-14(17)9-12(8-13)10-16-11-15-4-2-3-7-18-15/h3,7,12-16H,2,4-6,8-11H2,1H3. The number of ether oxygens (including phenoxy) is 1. The van der Waals surface area contributed by atoms with E-state index >= 15 is 0 Å². The second-order valence-electron chi connectivity index (χ2n) is 6.25. The first-order chi connectivity index (χ1) is 8.83. The van der Waals surface area contributed by atoms with Crippen LogP contribution in [0.15, 0.2) is 12.3 Å². The third-order valence-electron chi connectivity index (χ3n) is 5.02. The lowest BCUT2D eigenvalue weighted by Gasteiger charge is -2.36. The van der Waals surface area contributed by atoms with Crippen LogP contribution in [-0.4, -0.2) is 43.2 Å². The van der Waals surface area contributed by atoms with Gasteiger partial charge in [-0.2, -0.15) is 0 Å². The lowest BCUT2D eigenvalue weighted by atomic mass is 9.91. The smallest absolute Gasteiger partial charge is 0.110 e. The molecule has 0 amide bonds. The van der Waals surface area contributed by atoms with Gasteiger partial charge in [0.15, 0.2) is 0 Å². The van der Waals surface area contributed by atoms with Gasteiger partial charge in [-0.05, 0) is 64.1 Å². The number of fused-ring (bicyclic) bond motifs is 2. The zero-order valence-corrected chi connectivity index (χ0v) is 11.5. The SMILES string of the molecule is CN1C2CCC1CC(CNCC1CCC=CO1)C2. The Morgan fingerprint density at radius 1 is 1.17 bits per heavy atom. The van der Waals surface area contributed by atoms with E-state index in [2.05, 4.69) is 23.3 Å². The van der Waals surface area contributed by atoms with Gasteiger partial charge in [0.2, 0.25) is 0 Å². The van der Waals surface area contributed by atoms with Crippen LogP contribution < -0.4 is 5.32 Å². The van der Waals surface area contributed by atoms with Crippen LogP contribution in [0.3, 0.4) is 0 Å². The molecule has 0 aromatic heterocycles. The maximum absolute atomic E-state index is 5.59. The van der Waals surface area contributed by atoms with Crippen LogP contribution in [0.25, 0.3) is 0 Å². The highest BCUT2D eigenvalue weighted by atomic mass is 16.5. The molecule has 0 aromatic carbocycles. The first-order valence-corrected chi connectivity index (χ1v) is 7.56. The van der Waals surface area contributed by atoms with Crippen molar-refractivity contribution in [3.05, 3.63) is 12.3 Å². The maximum Gasteiger partial charge on any atom is 0.110 e. The molecule has 2 fully saturated rings. The molecule has 1 N–H and O–H groups in total.